The van der Waals surface area contributed by atoms with Gasteiger partial charge in [-0.1, -0.05) is 76.2 Å². The summed E-state index contributed by atoms with van der Waals surface area (Å²) < 4.78 is 0. The molecule has 128 valence electrons. The summed E-state index contributed by atoms with van der Waals surface area (Å²) in [7, 11) is 0. The van der Waals surface area contributed by atoms with Crippen molar-refractivity contribution in [3.63, 3.8) is 0 Å². The summed E-state index contributed by atoms with van der Waals surface area (Å²) in [5.74, 6) is 0. The van der Waals surface area contributed by atoms with Gasteiger partial charge in [0.15, 0.2) is 0 Å². The highest BCUT2D eigenvalue weighted by molar-refractivity contribution is 8.00. The summed E-state index contributed by atoms with van der Waals surface area (Å²) in [6.07, 6.45) is 1.90. The highest BCUT2D eigenvalue weighted by Gasteiger charge is 2.55. The smallest absolute Gasteiger partial charge is 0.103 e. The summed E-state index contributed by atoms with van der Waals surface area (Å²) in [5.41, 5.74) is 0.362. The van der Waals surface area contributed by atoms with Crippen molar-refractivity contribution in [2.75, 3.05) is 0 Å². The van der Waals surface area contributed by atoms with Crippen molar-refractivity contribution in [3.05, 3.63) is 66.2 Å². The summed E-state index contributed by atoms with van der Waals surface area (Å²) in [6, 6.07) is 20.7. The van der Waals surface area contributed by atoms with Crippen LogP contribution in [0.2, 0.25) is 0 Å². The molecule has 1 aliphatic rings. The first-order valence-electron chi connectivity index (χ1n) is 8.73. The Labute approximate surface area is 150 Å². The lowest BCUT2D eigenvalue weighted by Crippen LogP contribution is -2.54. The first-order chi connectivity index (χ1) is 11.2. The van der Waals surface area contributed by atoms with Crippen molar-refractivity contribution in [2.45, 2.75) is 56.3 Å². The van der Waals surface area contributed by atoms with E-state index >= 15 is 0 Å². The Morgan fingerprint density at radius 2 is 1.38 bits per heavy atom. The monoisotopic (exact) mass is 340 g/mol. The SMILES string of the molecule is CC1(C)CC(C)(C)[C@@H](Sc2ccccc2)[C@](O)(c2ccccc2)C1. The van der Waals surface area contributed by atoms with E-state index in [1.54, 1.807) is 0 Å². The van der Waals surface area contributed by atoms with E-state index in [4.69, 9.17) is 0 Å². The van der Waals surface area contributed by atoms with Gasteiger partial charge in [-0.2, -0.15) is 0 Å². The average molecular weight is 341 g/mol. The minimum Gasteiger partial charge on any atom is -0.384 e. The number of aliphatic hydroxyl groups is 1. The van der Waals surface area contributed by atoms with E-state index in [0.29, 0.717) is 0 Å². The minimum atomic E-state index is -0.826. The molecule has 1 saturated carbocycles. The lowest BCUT2D eigenvalue weighted by Gasteiger charge is -2.55. The Balaban J connectivity index is 2.06. The van der Waals surface area contributed by atoms with Gasteiger partial charge < -0.3 is 5.11 Å². The van der Waals surface area contributed by atoms with Crippen LogP contribution in [-0.4, -0.2) is 10.4 Å². The van der Waals surface area contributed by atoms with Gasteiger partial charge in [0, 0.05) is 10.1 Å². The largest absolute Gasteiger partial charge is 0.384 e. The Kier molecular flexibility index (Phi) is 4.57. The Bertz CT molecular complexity index is 678. The van der Waals surface area contributed by atoms with E-state index in [9.17, 15) is 5.11 Å². The zero-order chi connectivity index (χ0) is 17.4. The molecule has 2 heteroatoms. The second kappa shape index (κ2) is 6.24. The molecule has 0 bridgehead atoms. The molecule has 0 spiro atoms. The molecule has 0 amide bonds. The number of hydrogen-bond donors (Lipinski definition) is 1. The third-order valence-electron chi connectivity index (χ3n) is 5.10. The highest BCUT2D eigenvalue weighted by atomic mass is 32.2. The van der Waals surface area contributed by atoms with Gasteiger partial charge in [0.1, 0.15) is 5.60 Å². The Morgan fingerprint density at radius 3 is 1.96 bits per heavy atom. The quantitative estimate of drug-likeness (QED) is 0.752. The van der Waals surface area contributed by atoms with Crippen molar-refractivity contribution < 1.29 is 5.11 Å². The van der Waals surface area contributed by atoms with E-state index in [2.05, 4.69) is 64.1 Å². The fourth-order valence-electron chi connectivity index (χ4n) is 4.73. The second-order valence-corrected chi connectivity index (χ2v) is 9.79. The summed E-state index contributed by atoms with van der Waals surface area (Å²) in [6.45, 7) is 9.18. The molecule has 1 nitrogen and oxygen atoms in total. The van der Waals surface area contributed by atoms with Crippen LogP contribution >= 0.6 is 11.8 Å². The van der Waals surface area contributed by atoms with E-state index in [0.717, 1.165) is 18.4 Å². The molecule has 0 unspecified atom stereocenters. The molecular formula is C22H28OS. The second-order valence-electron chi connectivity index (χ2n) is 8.61. The number of benzene rings is 2. The number of rotatable bonds is 3. The summed E-state index contributed by atoms with van der Waals surface area (Å²) in [5, 5.41) is 12.0. The van der Waals surface area contributed by atoms with Gasteiger partial charge in [0.2, 0.25) is 0 Å². The predicted molar refractivity (Wildman–Crippen MR) is 103 cm³/mol. The van der Waals surface area contributed by atoms with Crippen molar-refractivity contribution >= 4 is 11.8 Å². The molecule has 1 N–H and O–H groups in total. The van der Waals surface area contributed by atoms with Gasteiger partial charge in [0.05, 0.1) is 0 Å². The molecule has 1 aliphatic carbocycles. The van der Waals surface area contributed by atoms with Crippen molar-refractivity contribution in [3.8, 4) is 0 Å². The van der Waals surface area contributed by atoms with E-state index in [-0.39, 0.29) is 16.1 Å². The minimum absolute atomic E-state index is 0.0346. The lowest BCUT2D eigenvalue weighted by molar-refractivity contribution is -0.0834. The Hall–Kier alpha value is -1.25. The molecule has 0 aromatic heterocycles. The predicted octanol–water partition coefficient (Wildman–Crippen LogP) is 5.88. The standard InChI is InChI=1S/C22H28OS/c1-20(2)15-21(3,4)19(24-18-13-9-6-10-14-18)22(23,16-20)17-11-7-5-8-12-17/h5-14,19,23H,15-16H2,1-4H3/t19-,22-/m1/s1. The van der Waals surface area contributed by atoms with Crippen LogP contribution in [0.25, 0.3) is 0 Å². The molecule has 0 aliphatic heterocycles. The molecule has 0 heterocycles. The van der Waals surface area contributed by atoms with Crippen LogP contribution < -0.4 is 0 Å². The highest BCUT2D eigenvalue weighted by Crippen LogP contribution is 2.59. The first-order valence-corrected chi connectivity index (χ1v) is 9.61. The maximum absolute atomic E-state index is 11.9. The van der Waals surface area contributed by atoms with Crippen LogP contribution in [0.3, 0.4) is 0 Å². The van der Waals surface area contributed by atoms with Crippen LogP contribution in [0.5, 0.6) is 0 Å². The fourth-order valence-corrected chi connectivity index (χ4v) is 6.13. The van der Waals surface area contributed by atoms with Crippen molar-refractivity contribution in [1.29, 1.82) is 0 Å². The zero-order valence-electron chi connectivity index (χ0n) is 15.1. The van der Waals surface area contributed by atoms with Gasteiger partial charge in [-0.05, 0) is 41.4 Å². The summed E-state index contributed by atoms with van der Waals surface area (Å²) >= 11 is 1.82. The van der Waals surface area contributed by atoms with E-state index in [1.165, 1.54) is 4.90 Å². The van der Waals surface area contributed by atoms with Crippen LogP contribution in [-0.2, 0) is 5.60 Å². The normalized spacial score (nSPS) is 28.5. The number of thioether (sulfide) groups is 1. The van der Waals surface area contributed by atoms with Gasteiger partial charge in [-0.15, -0.1) is 11.8 Å². The van der Waals surface area contributed by atoms with Crippen LogP contribution in [0.1, 0.15) is 46.1 Å². The number of hydrogen-bond acceptors (Lipinski definition) is 2. The molecule has 1 fully saturated rings. The first kappa shape index (κ1) is 17.6. The molecule has 0 radical (unpaired) electrons. The van der Waals surface area contributed by atoms with Gasteiger partial charge in [-0.3, -0.25) is 0 Å². The topological polar surface area (TPSA) is 20.2 Å². The zero-order valence-corrected chi connectivity index (χ0v) is 15.9. The third-order valence-corrected chi connectivity index (χ3v) is 6.90. The molecule has 2 aromatic carbocycles. The molecule has 0 saturated heterocycles. The third kappa shape index (κ3) is 3.41. The van der Waals surface area contributed by atoms with E-state index < -0.39 is 5.60 Å². The average Bonchev–Trinajstić information content (AvgIpc) is 2.51. The lowest BCUT2D eigenvalue weighted by atomic mass is 9.58. The Morgan fingerprint density at radius 1 is 0.833 bits per heavy atom. The summed E-state index contributed by atoms with van der Waals surface area (Å²) in [4.78, 5) is 1.23. The van der Waals surface area contributed by atoms with Gasteiger partial charge in [-0.25, -0.2) is 0 Å². The van der Waals surface area contributed by atoms with Crippen molar-refractivity contribution in [2.24, 2.45) is 10.8 Å². The van der Waals surface area contributed by atoms with Crippen LogP contribution in [0.15, 0.2) is 65.6 Å². The molecule has 24 heavy (non-hydrogen) atoms. The van der Waals surface area contributed by atoms with Crippen molar-refractivity contribution in [1.82, 2.24) is 0 Å². The molecule has 2 atom stereocenters. The van der Waals surface area contributed by atoms with E-state index in [1.807, 2.05) is 36.0 Å². The molecule has 3 rings (SSSR count). The molecular weight excluding hydrogens is 312 g/mol. The maximum Gasteiger partial charge on any atom is 0.103 e. The maximum atomic E-state index is 11.9. The van der Waals surface area contributed by atoms with Gasteiger partial charge >= 0.3 is 0 Å². The van der Waals surface area contributed by atoms with Crippen LogP contribution in [0, 0.1) is 10.8 Å². The molecule has 2 aromatic rings. The fraction of sp³-hybridized carbons (Fsp3) is 0.455. The van der Waals surface area contributed by atoms with Gasteiger partial charge in [0.25, 0.3) is 0 Å². The van der Waals surface area contributed by atoms with Crippen LogP contribution in [0.4, 0.5) is 0 Å².